The highest BCUT2D eigenvalue weighted by Gasteiger charge is 2.22. The second-order valence-corrected chi connectivity index (χ2v) is 8.64. The van der Waals surface area contributed by atoms with Crippen LogP contribution in [0.3, 0.4) is 0 Å². The fourth-order valence-corrected chi connectivity index (χ4v) is 4.29. The summed E-state index contributed by atoms with van der Waals surface area (Å²) in [5.41, 5.74) is 0. The van der Waals surface area contributed by atoms with Crippen LogP contribution in [0.2, 0.25) is 15.1 Å². The van der Waals surface area contributed by atoms with Crippen LogP contribution in [0.15, 0.2) is 48.7 Å². The third kappa shape index (κ3) is 5.29. The van der Waals surface area contributed by atoms with E-state index < -0.39 is 6.10 Å². The Kier molecular flexibility index (Phi) is 6.86. The van der Waals surface area contributed by atoms with Gasteiger partial charge in [0.2, 0.25) is 0 Å². The first-order valence-electron chi connectivity index (χ1n) is 9.76. The number of aromatic nitrogens is 1. The van der Waals surface area contributed by atoms with Crippen molar-refractivity contribution in [1.82, 2.24) is 9.88 Å². The second-order valence-electron chi connectivity index (χ2n) is 7.36. The highest BCUT2D eigenvalue weighted by atomic mass is 35.5. The Morgan fingerprint density at radius 3 is 2.43 bits per heavy atom. The Hall–Kier alpha value is -1.76. The van der Waals surface area contributed by atoms with Crippen molar-refractivity contribution in [3.8, 4) is 5.75 Å². The maximum Gasteiger partial charge on any atom is 0.147 e. The van der Waals surface area contributed by atoms with E-state index in [4.69, 9.17) is 39.5 Å². The SMILES string of the molecule is OC(COc1ccc2cc(Cl)ccc2c1)CN1CCN(c2ncc(Cl)cc2Cl)CC1. The number of hydrogen-bond acceptors (Lipinski definition) is 5. The molecule has 1 N–H and O–H groups in total. The van der Waals surface area contributed by atoms with Crippen LogP contribution in [0.5, 0.6) is 5.75 Å². The van der Waals surface area contributed by atoms with E-state index in [1.54, 1.807) is 12.3 Å². The van der Waals surface area contributed by atoms with Gasteiger partial charge in [0, 0.05) is 43.9 Å². The van der Waals surface area contributed by atoms with Crippen molar-refractivity contribution in [1.29, 1.82) is 0 Å². The number of rotatable bonds is 6. The first-order valence-corrected chi connectivity index (χ1v) is 10.9. The molecule has 2 heterocycles. The summed E-state index contributed by atoms with van der Waals surface area (Å²) < 4.78 is 5.81. The molecular formula is C22H22Cl3N3O2. The van der Waals surface area contributed by atoms with Gasteiger partial charge < -0.3 is 14.7 Å². The van der Waals surface area contributed by atoms with Crippen molar-refractivity contribution in [2.75, 3.05) is 44.2 Å². The molecule has 0 radical (unpaired) electrons. The number of fused-ring (bicyclic) bond motifs is 1. The van der Waals surface area contributed by atoms with Crippen LogP contribution in [0.1, 0.15) is 0 Å². The van der Waals surface area contributed by atoms with Gasteiger partial charge >= 0.3 is 0 Å². The molecule has 30 heavy (non-hydrogen) atoms. The normalized spacial score (nSPS) is 16.1. The molecule has 1 aliphatic heterocycles. The summed E-state index contributed by atoms with van der Waals surface area (Å²) in [6, 6.07) is 13.3. The van der Waals surface area contributed by atoms with Gasteiger partial charge in [-0.1, -0.05) is 46.9 Å². The number of benzene rings is 2. The summed E-state index contributed by atoms with van der Waals surface area (Å²) in [4.78, 5) is 8.70. The molecule has 1 unspecified atom stereocenters. The van der Waals surface area contributed by atoms with Crippen LogP contribution in [0.4, 0.5) is 5.82 Å². The highest BCUT2D eigenvalue weighted by molar-refractivity contribution is 6.36. The molecule has 1 aromatic heterocycles. The number of aliphatic hydroxyl groups is 1. The van der Waals surface area contributed by atoms with Gasteiger partial charge in [-0.3, -0.25) is 4.90 Å². The van der Waals surface area contributed by atoms with Gasteiger partial charge in [-0.25, -0.2) is 4.98 Å². The van der Waals surface area contributed by atoms with Crippen LogP contribution < -0.4 is 9.64 Å². The van der Waals surface area contributed by atoms with E-state index in [0.717, 1.165) is 48.5 Å². The standard InChI is InChI=1S/C22H22Cl3N3O2/c23-17-3-1-16-10-20(4-2-15(16)9-17)30-14-19(29)13-27-5-7-28(8-6-27)22-21(25)11-18(24)12-26-22/h1-4,9-12,19,29H,5-8,13-14H2. The summed E-state index contributed by atoms with van der Waals surface area (Å²) in [6.45, 7) is 4.00. The zero-order valence-electron chi connectivity index (χ0n) is 16.3. The monoisotopic (exact) mass is 465 g/mol. The molecule has 0 saturated carbocycles. The predicted octanol–water partition coefficient (Wildman–Crippen LogP) is 4.76. The van der Waals surface area contributed by atoms with Crippen molar-refractivity contribution in [3.63, 3.8) is 0 Å². The molecule has 5 nitrogen and oxygen atoms in total. The highest BCUT2D eigenvalue weighted by Crippen LogP contribution is 2.27. The minimum Gasteiger partial charge on any atom is -0.491 e. The Bertz CT molecular complexity index is 1030. The molecule has 0 bridgehead atoms. The predicted molar refractivity (Wildman–Crippen MR) is 123 cm³/mol. The van der Waals surface area contributed by atoms with E-state index in [1.165, 1.54) is 0 Å². The molecular weight excluding hydrogens is 445 g/mol. The van der Waals surface area contributed by atoms with Crippen LogP contribution in [0, 0.1) is 0 Å². The van der Waals surface area contributed by atoms with Crippen molar-refractivity contribution >= 4 is 51.4 Å². The van der Waals surface area contributed by atoms with Crippen LogP contribution in [-0.2, 0) is 0 Å². The van der Waals surface area contributed by atoms with Crippen molar-refractivity contribution in [2.24, 2.45) is 0 Å². The topological polar surface area (TPSA) is 48.8 Å². The number of aliphatic hydroxyl groups excluding tert-OH is 1. The summed E-state index contributed by atoms with van der Waals surface area (Å²) in [7, 11) is 0. The van der Waals surface area contributed by atoms with E-state index >= 15 is 0 Å². The number of hydrogen-bond donors (Lipinski definition) is 1. The third-order valence-corrected chi connectivity index (χ3v) is 5.87. The lowest BCUT2D eigenvalue weighted by Gasteiger charge is -2.36. The molecule has 0 spiro atoms. The van der Waals surface area contributed by atoms with Crippen LogP contribution in [-0.4, -0.2) is 60.4 Å². The quantitative estimate of drug-likeness (QED) is 0.568. The van der Waals surface area contributed by atoms with Gasteiger partial charge in [-0.05, 0) is 41.1 Å². The molecule has 3 aromatic rings. The number of pyridine rings is 1. The van der Waals surface area contributed by atoms with Gasteiger partial charge in [0.15, 0.2) is 0 Å². The molecule has 1 fully saturated rings. The van der Waals surface area contributed by atoms with Gasteiger partial charge in [-0.15, -0.1) is 0 Å². The lowest BCUT2D eigenvalue weighted by molar-refractivity contribution is 0.0663. The fourth-order valence-electron chi connectivity index (χ4n) is 3.61. The number of halogens is 3. The Morgan fingerprint density at radius 2 is 1.67 bits per heavy atom. The summed E-state index contributed by atoms with van der Waals surface area (Å²) in [6.07, 6.45) is 1.03. The minimum absolute atomic E-state index is 0.240. The number of nitrogens with zero attached hydrogens (tertiary/aromatic N) is 3. The zero-order chi connectivity index (χ0) is 21.1. The van der Waals surface area contributed by atoms with Gasteiger partial charge in [0.25, 0.3) is 0 Å². The molecule has 8 heteroatoms. The van der Waals surface area contributed by atoms with Crippen molar-refractivity contribution < 1.29 is 9.84 Å². The van der Waals surface area contributed by atoms with E-state index in [9.17, 15) is 5.11 Å². The smallest absolute Gasteiger partial charge is 0.147 e. The fraction of sp³-hybridized carbons (Fsp3) is 0.318. The molecule has 0 amide bonds. The van der Waals surface area contributed by atoms with Crippen molar-refractivity contribution in [2.45, 2.75) is 6.10 Å². The van der Waals surface area contributed by atoms with Gasteiger partial charge in [-0.2, -0.15) is 0 Å². The molecule has 2 aromatic carbocycles. The first-order chi connectivity index (χ1) is 14.5. The summed E-state index contributed by atoms with van der Waals surface area (Å²) >= 11 is 18.2. The van der Waals surface area contributed by atoms with Crippen LogP contribution >= 0.6 is 34.8 Å². The maximum absolute atomic E-state index is 10.4. The van der Waals surface area contributed by atoms with Gasteiger partial charge in [0.1, 0.15) is 24.3 Å². The zero-order valence-corrected chi connectivity index (χ0v) is 18.5. The third-order valence-electron chi connectivity index (χ3n) is 5.15. The largest absolute Gasteiger partial charge is 0.491 e. The molecule has 1 aliphatic rings. The molecule has 0 aliphatic carbocycles. The lowest BCUT2D eigenvalue weighted by atomic mass is 10.1. The molecule has 1 saturated heterocycles. The maximum atomic E-state index is 10.4. The van der Waals surface area contributed by atoms with E-state index in [-0.39, 0.29) is 6.61 Å². The molecule has 1 atom stereocenters. The van der Waals surface area contributed by atoms with E-state index in [1.807, 2.05) is 36.4 Å². The first kappa shape index (κ1) is 21.5. The molecule has 158 valence electrons. The number of piperazine rings is 1. The number of ether oxygens (including phenoxy) is 1. The van der Waals surface area contributed by atoms with Crippen LogP contribution in [0.25, 0.3) is 10.8 Å². The Balaban J connectivity index is 1.26. The average Bonchev–Trinajstić information content (AvgIpc) is 2.73. The van der Waals surface area contributed by atoms with E-state index in [0.29, 0.717) is 21.6 Å². The molecule has 4 rings (SSSR count). The van der Waals surface area contributed by atoms with Gasteiger partial charge in [0.05, 0.1) is 10.0 Å². The number of β-amino-alcohol motifs (C(OH)–C–C–N with tert-alkyl or cyclic N) is 1. The summed E-state index contributed by atoms with van der Waals surface area (Å²) in [5, 5.41) is 14.3. The average molecular weight is 467 g/mol. The Morgan fingerprint density at radius 1 is 0.933 bits per heavy atom. The van der Waals surface area contributed by atoms with Crippen molar-refractivity contribution in [3.05, 3.63) is 63.7 Å². The Labute approximate surface area is 190 Å². The minimum atomic E-state index is -0.574. The van der Waals surface area contributed by atoms with E-state index in [2.05, 4.69) is 14.8 Å². The number of anilines is 1. The lowest BCUT2D eigenvalue weighted by Crippen LogP contribution is -2.49. The second kappa shape index (κ2) is 9.58. The summed E-state index contributed by atoms with van der Waals surface area (Å²) in [5.74, 6) is 1.49.